The van der Waals surface area contributed by atoms with Gasteiger partial charge in [0, 0.05) is 18.9 Å². The van der Waals surface area contributed by atoms with Crippen molar-refractivity contribution >= 4 is 48.9 Å². The average molecular weight is 408 g/mol. The van der Waals surface area contributed by atoms with E-state index in [9.17, 15) is 8.42 Å². The third-order valence-electron chi connectivity index (χ3n) is 3.46. The number of thiophene rings is 1. The molecule has 0 bridgehead atoms. The van der Waals surface area contributed by atoms with E-state index in [0.29, 0.717) is 15.4 Å². The van der Waals surface area contributed by atoms with Crippen LogP contribution in [0, 0.1) is 0 Å². The number of rotatable bonds is 3. The molecule has 0 N–H and O–H groups in total. The highest BCUT2D eigenvalue weighted by Crippen LogP contribution is 2.41. The fourth-order valence-electron chi connectivity index (χ4n) is 2.50. The predicted octanol–water partition coefficient (Wildman–Crippen LogP) is 4.08. The maximum Gasteiger partial charge on any atom is 0.253 e. The van der Waals surface area contributed by atoms with Crippen LogP contribution in [0.1, 0.15) is 24.4 Å². The molecule has 8 heteroatoms. The molecule has 1 fully saturated rings. The summed E-state index contributed by atoms with van der Waals surface area (Å²) in [4.78, 5) is 4.09. The maximum absolute atomic E-state index is 12.8. The zero-order valence-corrected chi connectivity index (χ0v) is 14.8. The van der Waals surface area contributed by atoms with Gasteiger partial charge in [0.2, 0.25) is 0 Å². The lowest BCUT2D eigenvalue weighted by Gasteiger charge is -2.23. The molecule has 0 aliphatic carbocycles. The van der Waals surface area contributed by atoms with E-state index < -0.39 is 10.0 Å². The molecule has 21 heavy (non-hydrogen) atoms. The van der Waals surface area contributed by atoms with Gasteiger partial charge in [-0.1, -0.05) is 17.7 Å². The molecule has 2 aromatic rings. The number of halogens is 2. The van der Waals surface area contributed by atoms with Crippen molar-refractivity contribution in [1.82, 2.24) is 9.29 Å². The van der Waals surface area contributed by atoms with Gasteiger partial charge in [-0.3, -0.25) is 4.98 Å². The summed E-state index contributed by atoms with van der Waals surface area (Å²) in [6, 6.07) is 5.10. The van der Waals surface area contributed by atoms with Gasteiger partial charge in [-0.05, 0) is 46.5 Å². The molecule has 4 nitrogen and oxygen atoms in total. The number of pyridine rings is 1. The highest BCUT2D eigenvalue weighted by Gasteiger charge is 2.37. The Bertz CT molecular complexity index is 729. The third kappa shape index (κ3) is 2.90. The van der Waals surface area contributed by atoms with E-state index >= 15 is 0 Å². The normalized spacial score (nSPS) is 20.0. The van der Waals surface area contributed by atoms with Crippen LogP contribution in [0.25, 0.3) is 0 Å². The highest BCUT2D eigenvalue weighted by molar-refractivity contribution is 9.11. The summed E-state index contributed by atoms with van der Waals surface area (Å²) in [5.74, 6) is 0. The van der Waals surface area contributed by atoms with Gasteiger partial charge in [0.1, 0.15) is 4.21 Å². The Kier molecular flexibility index (Phi) is 4.38. The molecule has 2 aromatic heterocycles. The molecule has 0 saturated carbocycles. The van der Waals surface area contributed by atoms with Crippen molar-refractivity contribution < 1.29 is 8.42 Å². The van der Waals surface area contributed by atoms with E-state index in [1.165, 1.54) is 6.07 Å². The van der Waals surface area contributed by atoms with E-state index in [1.54, 1.807) is 16.7 Å². The Morgan fingerprint density at radius 2 is 2.29 bits per heavy atom. The molecule has 112 valence electrons. The van der Waals surface area contributed by atoms with Crippen molar-refractivity contribution in [3.8, 4) is 0 Å². The fourth-order valence-corrected chi connectivity index (χ4v) is 6.71. The first-order chi connectivity index (χ1) is 10.00. The Hall–Kier alpha value is -0.470. The molecule has 1 unspecified atom stereocenters. The van der Waals surface area contributed by atoms with Crippen LogP contribution in [0.15, 0.2) is 38.6 Å². The molecule has 0 aromatic carbocycles. The van der Waals surface area contributed by atoms with Crippen LogP contribution < -0.4 is 0 Å². The van der Waals surface area contributed by atoms with Gasteiger partial charge in [0.25, 0.3) is 10.0 Å². The second-order valence-corrected chi connectivity index (χ2v) is 9.64. The van der Waals surface area contributed by atoms with Crippen LogP contribution in [0.4, 0.5) is 0 Å². The Morgan fingerprint density at radius 3 is 2.90 bits per heavy atom. The first-order valence-electron chi connectivity index (χ1n) is 6.37. The van der Waals surface area contributed by atoms with Gasteiger partial charge in [-0.2, -0.15) is 4.31 Å². The summed E-state index contributed by atoms with van der Waals surface area (Å²) in [6.45, 7) is 0.523. The molecular formula is C13H12BrClN2O2S2. The minimum absolute atomic E-state index is 0.150. The first kappa shape index (κ1) is 15.4. The maximum atomic E-state index is 12.8. The molecule has 0 spiro atoms. The molecule has 3 rings (SSSR count). The molecule has 1 aliphatic heterocycles. The van der Waals surface area contributed by atoms with E-state index in [4.69, 9.17) is 11.6 Å². The molecule has 1 atom stereocenters. The molecule has 0 radical (unpaired) electrons. The largest absolute Gasteiger partial charge is 0.264 e. The standard InChI is InChI=1S/C13H12BrClN2O2S2/c14-13-10(15)7-12(20-13)21(18,19)17-6-2-4-11(17)9-3-1-5-16-8-9/h1,3,5,7-8,11H,2,4,6H2. The van der Waals surface area contributed by atoms with Crippen LogP contribution in [0.2, 0.25) is 5.02 Å². The lowest BCUT2D eigenvalue weighted by Crippen LogP contribution is -2.30. The lowest BCUT2D eigenvalue weighted by atomic mass is 10.1. The van der Waals surface area contributed by atoms with E-state index in [1.807, 2.05) is 12.1 Å². The van der Waals surface area contributed by atoms with Crippen molar-refractivity contribution in [2.45, 2.75) is 23.1 Å². The quantitative estimate of drug-likeness (QED) is 0.770. The van der Waals surface area contributed by atoms with Gasteiger partial charge in [-0.15, -0.1) is 11.3 Å². The molecule has 1 saturated heterocycles. The zero-order chi connectivity index (χ0) is 15.0. The van der Waals surface area contributed by atoms with Crippen LogP contribution in [0.3, 0.4) is 0 Å². The summed E-state index contributed by atoms with van der Waals surface area (Å²) in [7, 11) is -3.53. The van der Waals surface area contributed by atoms with E-state index in [0.717, 1.165) is 29.7 Å². The topological polar surface area (TPSA) is 50.3 Å². The van der Waals surface area contributed by atoms with Gasteiger partial charge in [0.05, 0.1) is 14.9 Å². The number of sulfonamides is 1. The predicted molar refractivity (Wildman–Crippen MR) is 87.1 cm³/mol. The Morgan fingerprint density at radius 1 is 1.48 bits per heavy atom. The van der Waals surface area contributed by atoms with Crippen molar-refractivity contribution in [3.63, 3.8) is 0 Å². The summed E-state index contributed by atoms with van der Waals surface area (Å²) in [6.07, 6.45) is 5.08. The number of aromatic nitrogens is 1. The first-order valence-corrected chi connectivity index (χ1v) is 9.79. The number of hydrogen-bond acceptors (Lipinski definition) is 4. The summed E-state index contributed by atoms with van der Waals surface area (Å²) in [5.41, 5.74) is 0.931. The Labute approximate surface area is 140 Å². The van der Waals surface area contributed by atoms with Crippen molar-refractivity contribution in [3.05, 3.63) is 45.0 Å². The smallest absolute Gasteiger partial charge is 0.253 e. The zero-order valence-electron chi connectivity index (χ0n) is 10.9. The lowest BCUT2D eigenvalue weighted by molar-refractivity contribution is 0.397. The minimum atomic E-state index is -3.53. The minimum Gasteiger partial charge on any atom is -0.264 e. The molecule has 1 aliphatic rings. The van der Waals surface area contributed by atoms with E-state index in [2.05, 4.69) is 20.9 Å². The molecular weight excluding hydrogens is 396 g/mol. The van der Waals surface area contributed by atoms with Crippen LogP contribution in [-0.4, -0.2) is 24.3 Å². The van der Waals surface area contributed by atoms with Gasteiger partial charge in [0.15, 0.2) is 0 Å². The molecule has 3 heterocycles. The monoisotopic (exact) mass is 406 g/mol. The second-order valence-electron chi connectivity index (χ2n) is 4.75. The molecule has 0 amide bonds. The summed E-state index contributed by atoms with van der Waals surface area (Å²) < 4.78 is 28.1. The second kappa shape index (κ2) is 5.96. The number of nitrogens with zero attached hydrogens (tertiary/aromatic N) is 2. The number of hydrogen-bond donors (Lipinski definition) is 0. The fraction of sp³-hybridized carbons (Fsp3) is 0.308. The van der Waals surface area contributed by atoms with Crippen molar-refractivity contribution in [1.29, 1.82) is 0 Å². The van der Waals surface area contributed by atoms with Crippen LogP contribution in [0.5, 0.6) is 0 Å². The summed E-state index contributed by atoms with van der Waals surface area (Å²) in [5, 5.41) is 0.427. The SMILES string of the molecule is O=S(=O)(c1cc(Cl)c(Br)s1)N1CCCC1c1cccnc1. The average Bonchev–Trinajstić information content (AvgIpc) is 3.08. The van der Waals surface area contributed by atoms with Crippen LogP contribution in [-0.2, 0) is 10.0 Å². The van der Waals surface area contributed by atoms with Crippen LogP contribution >= 0.6 is 38.9 Å². The Balaban J connectivity index is 1.98. The highest BCUT2D eigenvalue weighted by atomic mass is 79.9. The summed E-state index contributed by atoms with van der Waals surface area (Å²) >= 11 is 10.4. The van der Waals surface area contributed by atoms with Crippen molar-refractivity contribution in [2.24, 2.45) is 0 Å². The van der Waals surface area contributed by atoms with Gasteiger partial charge < -0.3 is 0 Å². The van der Waals surface area contributed by atoms with Gasteiger partial charge in [-0.25, -0.2) is 8.42 Å². The van der Waals surface area contributed by atoms with Crippen molar-refractivity contribution in [2.75, 3.05) is 6.54 Å². The third-order valence-corrected chi connectivity index (χ3v) is 8.29. The van der Waals surface area contributed by atoms with E-state index in [-0.39, 0.29) is 10.3 Å². The van der Waals surface area contributed by atoms with Gasteiger partial charge >= 0.3 is 0 Å².